The van der Waals surface area contributed by atoms with Crippen LogP contribution in [0.5, 0.6) is 0 Å². The SMILES string of the molecule is CCCCCC(C)NC(=NC)NCCCN1CCCN(C)CC1. The van der Waals surface area contributed by atoms with Gasteiger partial charge in [0, 0.05) is 32.7 Å². The minimum absolute atomic E-state index is 0.494. The largest absolute Gasteiger partial charge is 0.356 e. The molecule has 0 spiro atoms. The Morgan fingerprint density at radius 1 is 1.13 bits per heavy atom. The molecule has 1 aliphatic heterocycles. The van der Waals surface area contributed by atoms with E-state index in [1.54, 1.807) is 0 Å². The highest BCUT2D eigenvalue weighted by Gasteiger charge is 2.11. The minimum atomic E-state index is 0.494. The van der Waals surface area contributed by atoms with Crippen molar-refractivity contribution in [2.75, 3.05) is 53.4 Å². The summed E-state index contributed by atoms with van der Waals surface area (Å²) in [7, 11) is 4.08. The second-order valence-electron chi connectivity index (χ2n) is 6.89. The summed E-state index contributed by atoms with van der Waals surface area (Å²) < 4.78 is 0. The molecule has 0 aromatic heterocycles. The average Bonchev–Trinajstić information content (AvgIpc) is 2.75. The Bertz CT molecular complexity index is 319. The van der Waals surface area contributed by atoms with Crippen LogP contribution in [0.4, 0.5) is 0 Å². The van der Waals surface area contributed by atoms with Crippen LogP contribution in [-0.2, 0) is 0 Å². The van der Waals surface area contributed by atoms with Gasteiger partial charge in [-0.15, -0.1) is 0 Å². The highest BCUT2D eigenvalue weighted by Crippen LogP contribution is 2.03. The number of likely N-dealkylation sites (N-methyl/N-ethyl adjacent to an activating group) is 1. The summed E-state index contributed by atoms with van der Waals surface area (Å²) in [6.07, 6.45) is 7.59. The van der Waals surface area contributed by atoms with Crippen LogP contribution in [0, 0.1) is 0 Å². The molecule has 0 aromatic carbocycles. The van der Waals surface area contributed by atoms with E-state index in [4.69, 9.17) is 0 Å². The van der Waals surface area contributed by atoms with Crippen LogP contribution < -0.4 is 10.6 Å². The Hall–Kier alpha value is -0.810. The molecule has 0 aromatic rings. The van der Waals surface area contributed by atoms with Gasteiger partial charge in [-0.1, -0.05) is 26.2 Å². The third kappa shape index (κ3) is 9.82. The summed E-state index contributed by atoms with van der Waals surface area (Å²) in [5.41, 5.74) is 0. The molecule has 1 atom stereocenters. The van der Waals surface area contributed by atoms with Crippen LogP contribution in [-0.4, -0.2) is 75.2 Å². The van der Waals surface area contributed by atoms with Gasteiger partial charge in [-0.05, 0) is 52.9 Å². The second kappa shape index (κ2) is 12.6. The normalized spacial score (nSPS) is 19.4. The van der Waals surface area contributed by atoms with Gasteiger partial charge in [0.1, 0.15) is 0 Å². The van der Waals surface area contributed by atoms with Gasteiger partial charge in [-0.2, -0.15) is 0 Å². The van der Waals surface area contributed by atoms with Gasteiger partial charge in [0.05, 0.1) is 0 Å². The number of aliphatic imine (C=N–C) groups is 1. The maximum atomic E-state index is 4.34. The first-order valence-electron chi connectivity index (χ1n) is 9.53. The Morgan fingerprint density at radius 2 is 1.96 bits per heavy atom. The third-order valence-electron chi connectivity index (χ3n) is 4.60. The molecule has 0 amide bonds. The van der Waals surface area contributed by atoms with E-state index in [1.165, 1.54) is 71.2 Å². The summed E-state index contributed by atoms with van der Waals surface area (Å²) >= 11 is 0. The van der Waals surface area contributed by atoms with E-state index in [0.29, 0.717) is 6.04 Å². The molecule has 0 radical (unpaired) electrons. The highest BCUT2D eigenvalue weighted by atomic mass is 15.2. The lowest BCUT2D eigenvalue weighted by atomic mass is 10.1. The lowest BCUT2D eigenvalue weighted by Crippen LogP contribution is -2.43. The molecule has 2 N–H and O–H groups in total. The van der Waals surface area contributed by atoms with Crippen LogP contribution in [0.1, 0.15) is 52.4 Å². The molecule has 1 rings (SSSR count). The number of hydrogen-bond acceptors (Lipinski definition) is 3. The molecular weight excluding hydrogens is 286 g/mol. The fourth-order valence-corrected chi connectivity index (χ4v) is 3.03. The van der Waals surface area contributed by atoms with E-state index in [9.17, 15) is 0 Å². The Morgan fingerprint density at radius 3 is 2.70 bits per heavy atom. The van der Waals surface area contributed by atoms with E-state index >= 15 is 0 Å². The van der Waals surface area contributed by atoms with Gasteiger partial charge in [0.15, 0.2) is 5.96 Å². The van der Waals surface area contributed by atoms with Gasteiger partial charge in [0.2, 0.25) is 0 Å². The molecule has 136 valence electrons. The first kappa shape index (κ1) is 20.2. The highest BCUT2D eigenvalue weighted by molar-refractivity contribution is 5.79. The summed E-state index contributed by atoms with van der Waals surface area (Å²) in [6, 6.07) is 0.494. The van der Waals surface area contributed by atoms with Crippen molar-refractivity contribution in [3.05, 3.63) is 0 Å². The number of rotatable bonds is 9. The molecule has 5 heteroatoms. The van der Waals surface area contributed by atoms with Crippen LogP contribution >= 0.6 is 0 Å². The van der Waals surface area contributed by atoms with Crippen molar-refractivity contribution < 1.29 is 0 Å². The zero-order valence-corrected chi connectivity index (χ0v) is 15.9. The first-order chi connectivity index (χ1) is 11.2. The molecule has 1 aliphatic rings. The smallest absolute Gasteiger partial charge is 0.191 e. The topological polar surface area (TPSA) is 42.9 Å². The predicted molar refractivity (Wildman–Crippen MR) is 101 cm³/mol. The lowest BCUT2D eigenvalue weighted by molar-refractivity contribution is 0.274. The molecule has 1 heterocycles. The van der Waals surface area contributed by atoms with Crippen LogP contribution in [0.15, 0.2) is 4.99 Å². The number of unbranched alkanes of at least 4 members (excludes halogenated alkanes) is 2. The van der Waals surface area contributed by atoms with Crippen molar-refractivity contribution in [2.45, 2.75) is 58.4 Å². The van der Waals surface area contributed by atoms with Crippen LogP contribution in [0.3, 0.4) is 0 Å². The fourth-order valence-electron chi connectivity index (χ4n) is 3.03. The van der Waals surface area contributed by atoms with Gasteiger partial charge in [0.25, 0.3) is 0 Å². The molecular formula is C18H39N5. The third-order valence-corrected chi connectivity index (χ3v) is 4.60. The molecule has 1 fully saturated rings. The van der Waals surface area contributed by atoms with E-state index in [0.717, 1.165) is 12.5 Å². The van der Waals surface area contributed by atoms with Gasteiger partial charge < -0.3 is 20.4 Å². The zero-order valence-electron chi connectivity index (χ0n) is 15.9. The Kier molecular flexibility index (Phi) is 11.1. The van der Waals surface area contributed by atoms with Crippen molar-refractivity contribution >= 4 is 5.96 Å². The molecule has 1 unspecified atom stereocenters. The van der Waals surface area contributed by atoms with Crippen LogP contribution in [0.25, 0.3) is 0 Å². The maximum absolute atomic E-state index is 4.34. The standard InChI is InChI=1S/C18H39N5/c1-5-6-7-10-17(2)21-18(19-3)20-11-8-13-23-14-9-12-22(4)15-16-23/h17H,5-16H2,1-4H3,(H2,19,20,21). The number of nitrogens with one attached hydrogen (secondary N) is 2. The molecule has 0 bridgehead atoms. The summed E-state index contributed by atoms with van der Waals surface area (Å²) in [4.78, 5) is 9.37. The monoisotopic (exact) mass is 325 g/mol. The van der Waals surface area contributed by atoms with Crippen molar-refractivity contribution in [1.82, 2.24) is 20.4 Å². The summed E-state index contributed by atoms with van der Waals surface area (Å²) in [5.74, 6) is 0.949. The van der Waals surface area contributed by atoms with Crippen molar-refractivity contribution in [3.63, 3.8) is 0 Å². The average molecular weight is 326 g/mol. The van der Waals surface area contributed by atoms with Crippen molar-refractivity contribution in [1.29, 1.82) is 0 Å². The van der Waals surface area contributed by atoms with E-state index in [2.05, 4.69) is 46.3 Å². The summed E-state index contributed by atoms with van der Waals surface area (Å²) in [6.45, 7) is 11.6. The molecule has 0 aliphatic carbocycles. The quantitative estimate of drug-likeness (QED) is 0.387. The zero-order chi connectivity index (χ0) is 16.9. The van der Waals surface area contributed by atoms with Crippen LogP contribution in [0.2, 0.25) is 0 Å². The van der Waals surface area contributed by atoms with E-state index < -0.39 is 0 Å². The Labute approximate surface area is 143 Å². The molecule has 23 heavy (non-hydrogen) atoms. The van der Waals surface area contributed by atoms with Gasteiger partial charge in [-0.25, -0.2) is 0 Å². The molecule has 0 saturated carbocycles. The van der Waals surface area contributed by atoms with E-state index in [1.807, 2.05) is 7.05 Å². The van der Waals surface area contributed by atoms with Crippen molar-refractivity contribution in [3.8, 4) is 0 Å². The minimum Gasteiger partial charge on any atom is -0.356 e. The Balaban J connectivity index is 2.12. The summed E-state index contributed by atoms with van der Waals surface area (Å²) in [5, 5.41) is 6.95. The fraction of sp³-hybridized carbons (Fsp3) is 0.944. The number of hydrogen-bond donors (Lipinski definition) is 2. The number of nitrogens with zero attached hydrogens (tertiary/aromatic N) is 3. The lowest BCUT2D eigenvalue weighted by Gasteiger charge is -2.21. The van der Waals surface area contributed by atoms with E-state index in [-0.39, 0.29) is 0 Å². The van der Waals surface area contributed by atoms with Crippen molar-refractivity contribution in [2.24, 2.45) is 4.99 Å². The molecule has 5 nitrogen and oxygen atoms in total. The maximum Gasteiger partial charge on any atom is 0.191 e. The van der Waals surface area contributed by atoms with Gasteiger partial charge >= 0.3 is 0 Å². The predicted octanol–water partition coefficient (Wildman–Crippen LogP) is 2.15. The number of guanidine groups is 1. The van der Waals surface area contributed by atoms with Gasteiger partial charge in [-0.3, -0.25) is 4.99 Å². The first-order valence-corrected chi connectivity index (χ1v) is 9.53. The second-order valence-corrected chi connectivity index (χ2v) is 6.89. The molecule has 1 saturated heterocycles.